The predicted molar refractivity (Wildman–Crippen MR) is 322 cm³/mol. The van der Waals surface area contributed by atoms with E-state index in [0.29, 0.717) is 0 Å². The Morgan fingerprint density at radius 3 is 0.713 bits per heavy atom. The van der Waals surface area contributed by atoms with Crippen LogP contribution in [0.3, 0.4) is 0 Å². The lowest BCUT2D eigenvalue weighted by Gasteiger charge is -2.26. The summed E-state index contributed by atoms with van der Waals surface area (Å²) in [7, 11) is 6.68. The highest BCUT2D eigenvalue weighted by Gasteiger charge is 2.18. The number of allylic oxidation sites excluding steroid dienone is 2. The molecule has 0 spiro atoms. The van der Waals surface area contributed by atoms with Gasteiger partial charge in [-0.15, -0.1) is 0 Å². The zero-order chi connectivity index (χ0) is 54.9. The molecule has 0 aliphatic heterocycles. The van der Waals surface area contributed by atoms with Crippen molar-refractivity contribution in [2.75, 3.05) is 38.2 Å². The van der Waals surface area contributed by atoms with E-state index in [9.17, 15) is 0 Å². The lowest BCUT2D eigenvalue weighted by Crippen LogP contribution is -2.10. The highest BCUT2D eigenvalue weighted by Crippen LogP contribution is 2.40. The third-order valence-electron chi connectivity index (χ3n) is 12.9. The fraction of sp³-hybridized carbons (Fsp3) is 0.0556. The van der Waals surface area contributed by atoms with E-state index in [1.165, 1.54) is 0 Å². The van der Waals surface area contributed by atoms with Gasteiger partial charge in [0.05, 0.1) is 28.4 Å². The molecule has 0 radical (unpaired) electrons. The summed E-state index contributed by atoms with van der Waals surface area (Å²) < 4.78 is 22.2. The van der Waals surface area contributed by atoms with E-state index in [1.54, 1.807) is 53.2 Å². The fourth-order valence-corrected chi connectivity index (χ4v) is 8.63. The van der Waals surface area contributed by atoms with E-state index in [0.717, 1.165) is 113 Å². The van der Waals surface area contributed by atoms with Crippen LogP contribution in [0.25, 0.3) is 11.1 Å². The maximum atomic E-state index is 5.54. The SMILES string of the molecule is COc1ccc(N(c2ccc(OC)cc2)c2ccc(/C(C#Cc3ccc(C#Cc4ccncc4)cc3)=C(\C#Cc3ccc(C#Cc4ccncc4)cc3)c3ccc(N(c4ccc(OC)cc4)c4ccc(OC)cc4)cc3)cc2)cc1. The molecule has 0 atom stereocenters. The molecule has 0 aliphatic carbocycles. The molecule has 384 valence electrons. The van der Waals surface area contributed by atoms with Crippen molar-refractivity contribution in [2.24, 2.45) is 0 Å². The van der Waals surface area contributed by atoms with Crippen LogP contribution >= 0.6 is 0 Å². The van der Waals surface area contributed by atoms with Gasteiger partial charge in [-0.2, -0.15) is 0 Å². The Hall–Kier alpha value is -11.2. The molecule has 0 saturated carbocycles. The Bertz CT molecular complexity index is 3630. The Kier molecular flexibility index (Phi) is 16.7. The Morgan fingerprint density at radius 2 is 0.475 bits per heavy atom. The minimum absolute atomic E-state index is 0.737. The van der Waals surface area contributed by atoms with E-state index >= 15 is 0 Å². The molecule has 0 aliphatic rings. The molecule has 0 saturated heterocycles. The van der Waals surface area contributed by atoms with Gasteiger partial charge < -0.3 is 28.7 Å². The number of hydrogen-bond acceptors (Lipinski definition) is 8. The van der Waals surface area contributed by atoms with Gasteiger partial charge in [-0.25, -0.2) is 0 Å². The van der Waals surface area contributed by atoms with Crippen molar-refractivity contribution >= 4 is 45.3 Å². The van der Waals surface area contributed by atoms with Gasteiger partial charge in [0.1, 0.15) is 23.0 Å². The first-order valence-corrected chi connectivity index (χ1v) is 25.6. The van der Waals surface area contributed by atoms with Crippen molar-refractivity contribution in [2.45, 2.75) is 0 Å². The maximum Gasteiger partial charge on any atom is 0.119 e. The fourth-order valence-electron chi connectivity index (χ4n) is 8.63. The highest BCUT2D eigenvalue weighted by molar-refractivity contribution is 6.05. The smallest absolute Gasteiger partial charge is 0.119 e. The number of anilines is 6. The van der Waals surface area contributed by atoms with Gasteiger partial charge in [-0.1, -0.05) is 71.6 Å². The molecule has 2 aromatic heterocycles. The molecule has 0 fully saturated rings. The van der Waals surface area contributed by atoms with Crippen LogP contribution in [0, 0.1) is 47.4 Å². The van der Waals surface area contributed by atoms with Crippen molar-refractivity contribution < 1.29 is 18.9 Å². The molecule has 2 heterocycles. The molecular weight excluding hydrogens is 985 g/mol. The molecule has 8 nitrogen and oxygen atoms in total. The molecule has 10 rings (SSSR count). The number of ether oxygens (including phenoxy) is 4. The number of rotatable bonds is 12. The second-order valence-electron chi connectivity index (χ2n) is 17.9. The second kappa shape index (κ2) is 25.6. The van der Waals surface area contributed by atoms with E-state index in [-0.39, 0.29) is 0 Å². The normalized spacial score (nSPS) is 10.6. The first-order valence-electron chi connectivity index (χ1n) is 25.6. The summed E-state index contributed by atoms with van der Waals surface area (Å²) in [6.07, 6.45) is 6.96. The summed E-state index contributed by atoms with van der Waals surface area (Å²) in [6.45, 7) is 0. The number of benzene rings is 8. The standard InChI is InChI=1S/C72H52N4O4/c1-77-67-35-27-63(28-36-67)75(64-29-37-68(78-2)38-30-64)61-23-19-59(20-24-61)71(43-17-55-9-5-53(6-10-55)13-15-57-45-49-73-50-46-57)72(44-18-56-11-7-54(8-12-56)14-16-58-47-51-74-52-48-58)60-21-25-62(26-22-60)76(65-31-39-69(79-3)40-32-65)66-33-41-70(80-4)42-34-66/h5-12,19-42,45-52H,1-4H3/b72-71+. The minimum Gasteiger partial charge on any atom is -0.497 e. The van der Waals surface area contributed by atoms with E-state index in [4.69, 9.17) is 18.9 Å². The summed E-state index contributed by atoms with van der Waals surface area (Å²) in [4.78, 5) is 12.6. The molecule has 10 aromatic rings. The average Bonchev–Trinajstić information content (AvgIpc) is 3.54. The lowest BCUT2D eigenvalue weighted by atomic mass is 9.93. The number of hydrogen-bond donors (Lipinski definition) is 0. The van der Waals surface area contributed by atoms with Crippen LogP contribution in [0.2, 0.25) is 0 Å². The van der Waals surface area contributed by atoms with Crippen LogP contribution in [-0.2, 0) is 0 Å². The molecule has 80 heavy (non-hydrogen) atoms. The average molecular weight is 1040 g/mol. The zero-order valence-corrected chi connectivity index (χ0v) is 44.5. The van der Waals surface area contributed by atoms with Gasteiger partial charge in [0.2, 0.25) is 0 Å². The summed E-state index contributed by atoms with van der Waals surface area (Å²) in [6, 6.07) is 72.5. The first-order chi connectivity index (χ1) is 39.4. The molecular formula is C72H52N4O4. The number of nitrogens with zero attached hydrogens (tertiary/aromatic N) is 4. The van der Waals surface area contributed by atoms with Gasteiger partial charge in [0.15, 0.2) is 0 Å². The second-order valence-corrected chi connectivity index (χ2v) is 17.9. The quantitative estimate of drug-likeness (QED) is 0.0886. The number of aromatic nitrogens is 2. The first kappa shape index (κ1) is 52.3. The number of pyridine rings is 2. The monoisotopic (exact) mass is 1040 g/mol. The lowest BCUT2D eigenvalue weighted by molar-refractivity contribution is 0.414. The van der Waals surface area contributed by atoms with Crippen molar-refractivity contribution in [1.29, 1.82) is 0 Å². The van der Waals surface area contributed by atoms with Crippen molar-refractivity contribution in [3.8, 4) is 70.4 Å². The van der Waals surface area contributed by atoms with Gasteiger partial charge >= 0.3 is 0 Å². The van der Waals surface area contributed by atoms with Crippen LogP contribution in [0.4, 0.5) is 34.1 Å². The topological polar surface area (TPSA) is 69.2 Å². The maximum absolute atomic E-state index is 5.54. The Labute approximate surface area is 468 Å². The van der Waals surface area contributed by atoms with Gasteiger partial charge in [0, 0.05) is 103 Å². The Morgan fingerprint density at radius 1 is 0.263 bits per heavy atom. The van der Waals surface area contributed by atoms with Crippen molar-refractivity contribution in [3.63, 3.8) is 0 Å². The third-order valence-corrected chi connectivity index (χ3v) is 12.9. The Balaban J connectivity index is 1.12. The number of methoxy groups -OCH3 is 4. The minimum atomic E-state index is 0.737. The van der Waals surface area contributed by atoms with Crippen LogP contribution in [0.15, 0.2) is 243 Å². The molecule has 0 unspecified atom stereocenters. The molecule has 0 N–H and O–H groups in total. The molecule has 0 bridgehead atoms. The predicted octanol–water partition coefficient (Wildman–Crippen LogP) is 15.3. The van der Waals surface area contributed by atoms with Gasteiger partial charge in [-0.3, -0.25) is 9.97 Å². The van der Waals surface area contributed by atoms with Crippen molar-refractivity contribution in [3.05, 3.63) is 288 Å². The van der Waals surface area contributed by atoms with E-state index < -0.39 is 0 Å². The van der Waals surface area contributed by atoms with E-state index in [1.807, 2.05) is 170 Å². The highest BCUT2D eigenvalue weighted by atomic mass is 16.5. The van der Waals surface area contributed by atoms with Gasteiger partial charge in [0.25, 0.3) is 0 Å². The largest absolute Gasteiger partial charge is 0.497 e. The van der Waals surface area contributed by atoms with Crippen LogP contribution in [0.5, 0.6) is 23.0 Å². The summed E-state index contributed by atoms with van der Waals surface area (Å²) >= 11 is 0. The van der Waals surface area contributed by atoms with E-state index in [2.05, 4.69) is 116 Å². The van der Waals surface area contributed by atoms with Crippen LogP contribution < -0.4 is 28.7 Å². The molecule has 0 amide bonds. The van der Waals surface area contributed by atoms with Crippen LogP contribution in [0.1, 0.15) is 44.5 Å². The van der Waals surface area contributed by atoms with Crippen LogP contribution in [-0.4, -0.2) is 38.4 Å². The van der Waals surface area contributed by atoms with Crippen molar-refractivity contribution in [1.82, 2.24) is 9.97 Å². The summed E-state index contributed by atoms with van der Waals surface area (Å²) in [5.74, 6) is 30.4. The molecule has 8 aromatic carbocycles. The third kappa shape index (κ3) is 13.1. The zero-order valence-electron chi connectivity index (χ0n) is 44.5. The molecule has 8 heteroatoms. The van der Waals surface area contributed by atoms with Gasteiger partial charge in [-0.05, 0) is 205 Å². The summed E-state index contributed by atoms with van der Waals surface area (Å²) in [5, 5.41) is 0. The summed E-state index contributed by atoms with van der Waals surface area (Å²) in [5.41, 5.74) is 14.1.